The van der Waals surface area contributed by atoms with Crippen molar-refractivity contribution in [2.45, 2.75) is 19.8 Å². The molecule has 18 heavy (non-hydrogen) atoms. The fraction of sp³-hybridized carbons (Fsp3) is 0.385. The zero-order valence-corrected chi connectivity index (χ0v) is 10.4. The predicted molar refractivity (Wildman–Crippen MR) is 68.9 cm³/mol. The molecule has 2 rings (SSSR count). The first kappa shape index (κ1) is 12.4. The molecule has 0 spiro atoms. The van der Waals surface area contributed by atoms with Crippen LogP contribution in [0.1, 0.15) is 18.9 Å². The van der Waals surface area contributed by atoms with Gasteiger partial charge in [0.2, 0.25) is 5.91 Å². The van der Waals surface area contributed by atoms with Crippen molar-refractivity contribution < 1.29 is 9.59 Å². The summed E-state index contributed by atoms with van der Waals surface area (Å²) in [4.78, 5) is 24.4. The van der Waals surface area contributed by atoms with Crippen LogP contribution in [0.15, 0.2) is 24.3 Å². The van der Waals surface area contributed by atoms with Crippen molar-refractivity contribution in [2.75, 3.05) is 18.0 Å². The lowest BCUT2D eigenvalue weighted by Crippen LogP contribution is -2.46. The molecular weight excluding hydrogens is 230 g/mol. The Morgan fingerprint density at radius 2 is 2.06 bits per heavy atom. The summed E-state index contributed by atoms with van der Waals surface area (Å²) < 4.78 is 0. The number of anilines is 1. The number of hydrogen-bond donors (Lipinski definition) is 2. The van der Waals surface area contributed by atoms with Crippen LogP contribution >= 0.6 is 0 Å². The van der Waals surface area contributed by atoms with Gasteiger partial charge in [-0.25, -0.2) is 0 Å². The van der Waals surface area contributed by atoms with Crippen LogP contribution in [0.5, 0.6) is 0 Å². The van der Waals surface area contributed by atoms with Crippen LogP contribution in [0.3, 0.4) is 0 Å². The van der Waals surface area contributed by atoms with Gasteiger partial charge in [-0.3, -0.25) is 20.4 Å². The van der Waals surface area contributed by atoms with E-state index >= 15 is 0 Å². The van der Waals surface area contributed by atoms with Gasteiger partial charge in [0.1, 0.15) is 0 Å². The van der Waals surface area contributed by atoms with E-state index in [0.717, 1.165) is 25.1 Å². The molecule has 5 heteroatoms. The van der Waals surface area contributed by atoms with Crippen molar-refractivity contribution in [3.8, 4) is 0 Å². The maximum absolute atomic E-state index is 11.7. The van der Waals surface area contributed by atoms with E-state index < -0.39 is 0 Å². The summed E-state index contributed by atoms with van der Waals surface area (Å²) in [5.41, 5.74) is 7.06. The zero-order valence-electron chi connectivity index (χ0n) is 10.4. The first-order chi connectivity index (χ1) is 8.66. The number of carbonyl (C=O) groups excluding carboxylic acids is 2. The van der Waals surface area contributed by atoms with E-state index in [1.807, 2.05) is 23.1 Å². The predicted octanol–water partition coefficient (Wildman–Crippen LogP) is 0.607. The topological polar surface area (TPSA) is 61.4 Å². The van der Waals surface area contributed by atoms with Gasteiger partial charge in [0.05, 0.1) is 6.54 Å². The van der Waals surface area contributed by atoms with Crippen molar-refractivity contribution in [3.05, 3.63) is 29.8 Å². The number of hydrogen-bond acceptors (Lipinski definition) is 3. The largest absolute Gasteiger partial charge is 0.362 e. The van der Waals surface area contributed by atoms with E-state index in [9.17, 15) is 9.59 Å². The normalized spacial score (nSPS) is 13.7. The molecule has 2 amide bonds. The second kappa shape index (κ2) is 5.53. The Morgan fingerprint density at radius 3 is 2.83 bits per heavy atom. The van der Waals surface area contributed by atoms with Crippen molar-refractivity contribution in [1.82, 2.24) is 10.9 Å². The van der Waals surface area contributed by atoms with Crippen molar-refractivity contribution in [2.24, 2.45) is 0 Å². The molecule has 0 radical (unpaired) electrons. The number of hydrazine groups is 1. The van der Waals surface area contributed by atoms with Gasteiger partial charge in [-0.05, 0) is 24.5 Å². The second-order valence-corrected chi connectivity index (χ2v) is 4.38. The number of nitrogens with one attached hydrogen (secondary N) is 2. The first-order valence-corrected chi connectivity index (χ1v) is 6.05. The van der Waals surface area contributed by atoms with E-state index in [0.29, 0.717) is 0 Å². The van der Waals surface area contributed by atoms with Gasteiger partial charge < -0.3 is 4.90 Å². The molecule has 1 aliphatic heterocycles. The van der Waals surface area contributed by atoms with Gasteiger partial charge in [-0.1, -0.05) is 18.2 Å². The van der Waals surface area contributed by atoms with E-state index in [1.54, 1.807) is 0 Å². The Labute approximate surface area is 106 Å². The van der Waals surface area contributed by atoms with Gasteiger partial charge in [-0.2, -0.15) is 0 Å². The lowest BCUT2D eigenvalue weighted by atomic mass is 10.0. The Balaban J connectivity index is 1.98. The van der Waals surface area contributed by atoms with Crippen LogP contribution in [0.25, 0.3) is 0 Å². The highest BCUT2D eigenvalue weighted by molar-refractivity contribution is 5.84. The summed E-state index contributed by atoms with van der Waals surface area (Å²) in [6.45, 7) is 2.48. The number of para-hydroxylation sites is 1. The number of rotatable bonds is 2. The highest BCUT2D eigenvalue weighted by Crippen LogP contribution is 2.25. The Kier molecular flexibility index (Phi) is 3.82. The molecule has 0 aliphatic carbocycles. The van der Waals surface area contributed by atoms with Crippen LogP contribution in [0.4, 0.5) is 5.69 Å². The SMILES string of the molecule is CC(=O)NNC(=O)CN1CCCc2ccccc21. The summed E-state index contributed by atoms with van der Waals surface area (Å²) in [5.74, 6) is -0.482. The quantitative estimate of drug-likeness (QED) is 0.753. The molecule has 2 N–H and O–H groups in total. The number of amides is 2. The van der Waals surface area contributed by atoms with Gasteiger partial charge >= 0.3 is 0 Å². The molecule has 1 heterocycles. The van der Waals surface area contributed by atoms with Crippen molar-refractivity contribution in [1.29, 1.82) is 0 Å². The molecule has 1 aromatic carbocycles. The lowest BCUT2D eigenvalue weighted by Gasteiger charge is -2.30. The molecule has 96 valence electrons. The molecule has 1 aromatic rings. The molecule has 0 saturated carbocycles. The number of nitrogens with zero attached hydrogens (tertiary/aromatic N) is 1. The third kappa shape index (κ3) is 3.00. The van der Waals surface area contributed by atoms with Crippen LogP contribution in [-0.2, 0) is 16.0 Å². The van der Waals surface area contributed by atoms with Crippen molar-refractivity contribution >= 4 is 17.5 Å². The molecule has 0 aromatic heterocycles. The first-order valence-electron chi connectivity index (χ1n) is 6.05. The van der Waals surface area contributed by atoms with Gasteiger partial charge in [0.15, 0.2) is 0 Å². The standard InChI is InChI=1S/C13H17N3O2/c1-10(17)14-15-13(18)9-16-8-4-6-11-5-2-3-7-12(11)16/h2-3,5,7H,4,6,8-9H2,1H3,(H,14,17)(H,15,18). The molecule has 1 aliphatic rings. The second-order valence-electron chi connectivity index (χ2n) is 4.38. The van der Waals surface area contributed by atoms with E-state index in [-0.39, 0.29) is 18.4 Å². The molecule has 0 atom stereocenters. The Morgan fingerprint density at radius 1 is 1.28 bits per heavy atom. The maximum Gasteiger partial charge on any atom is 0.257 e. The highest BCUT2D eigenvalue weighted by Gasteiger charge is 2.18. The summed E-state index contributed by atoms with van der Waals surface area (Å²) in [7, 11) is 0. The minimum atomic E-state index is -0.276. The number of benzene rings is 1. The van der Waals surface area contributed by atoms with E-state index in [2.05, 4.69) is 16.9 Å². The lowest BCUT2D eigenvalue weighted by molar-refractivity contribution is -0.127. The number of carbonyl (C=O) groups is 2. The van der Waals surface area contributed by atoms with E-state index in [4.69, 9.17) is 0 Å². The molecular formula is C13H17N3O2. The Hall–Kier alpha value is -2.04. The molecule has 0 unspecified atom stereocenters. The van der Waals surface area contributed by atoms with Crippen LogP contribution in [0, 0.1) is 0 Å². The van der Waals surface area contributed by atoms with Gasteiger partial charge in [-0.15, -0.1) is 0 Å². The van der Waals surface area contributed by atoms with E-state index in [1.165, 1.54) is 12.5 Å². The summed E-state index contributed by atoms with van der Waals surface area (Å²) >= 11 is 0. The summed E-state index contributed by atoms with van der Waals surface area (Å²) in [5, 5.41) is 0. The van der Waals surface area contributed by atoms with Crippen LogP contribution in [-0.4, -0.2) is 24.9 Å². The molecule has 0 bridgehead atoms. The molecule has 0 saturated heterocycles. The fourth-order valence-electron chi connectivity index (χ4n) is 2.15. The van der Waals surface area contributed by atoms with Gasteiger partial charge in [0.25, 0.3) is 5.91 Å². The highest BCUT2D eigenvalue weighted by atomic mass is 16.2. The van der Waals surface area contributed by atoms with Crippen molar-refractivity contribution in [3.63, 3.8) is 0 Å². The third-order valence-electron chi connectivity index (χ3n) is 2.92. The van der Waals surface area contributed by atoms with Crippen LogP contribution < -0.4 is 15.8 Å². The maximum atomic E-state index is 11.7. The molecule has 0 fully saturated rings. The van der Waals surface area contributed by atoms with Gasteiger partial charge in [0, 0.05) is 19.2 Å². The Bertz CT molecular complexity index is 459. The smallest absolute Gasteiger partial charge is 0.257 e. The average molecular weight is 247 g/mol. The minimum Gasteiger partial charge on any atom is -0.362 e. The monoisotopic (exact) mass is 247 g/mol. The summed E-state index contributed by atoms with van der Waals surface area (Å²) in [6, 6.07) is 8.11. The zero-order chi connectivity index (χ0) is 13.0. The number of fused-ring (bicyclic) bond motifs is 1. The average Bonchev–Trinajstić information content (AvgIpc) is 2.37. The molecule has 5 nitrogen and oxygen atoms in total. The fourth-order valence-corrected chi connectivity index (χ4v) is 2.15. The van der Waals surface area contributed by atoms with Crippen LogP contribution in [0.2, 0.25) is 0 Å². The minimum absolute atomic E-state index is 0.207. The number of aryl methyl sites for hydroxylation is 1. The third-order valence-corrected chi connectivity index (χ3v) is 2.92. The summed E-state index contributed by atoms with van der Waals surface area (Å²) in [6.07, 6.45) is 2.10.